The number of benzene rings is 2. The van der Waals surface area contributed by atoms with Gasteiger partial charge in [-0.15, -0.1) is 6.42 Å². The largest absolute Gasteiger partial charge is 0.508 e. The predicted octanol–water partition coefficient (Wildman–Crippen LogP) is 4.68. The van der Waals surface area contributed by atoms with Crippen LogP contribution in [0.1, 0.15) is 50.1 Å². The molecule has 12 nitrogen and oxygen atoms in total. The summed E-state index contributed by atoms with van der Waals surface area (Å²) in [4.78, 5) is 26.6. The number of carbonyl (C=O) groups is 1. The van der Waals surface area contributed by atoms with Gasteiger partial charge in [0.1, 0.15) is 29.4 Å². The van der Waals surface area contributed by atoms with Gasteiger partial charge in [0, 0.05) is 55.1 Å². The Kier molecular flexibility index (Phi) is 8.62. The Morgan fingerprint density at radius 2 is 1.88 bits per heavy atom. The number of rotatable bonds is 7. The average molecular weight is 680 g/mol. The molecule has 3 N–H and O–H groups in total. The van der Waals surface area contributed by atoms with Gasteiger partial charge in [-0.25, -0.2) is 13.2 Å². The van der Waals surface area contributed by atoms with E-state index in [0.29, 0.717) is 39.8 Å². The summed E-state index contributed by atoms with van der Waals surface area (Å²) in [6, 6.07) is 6.16. The van der Waals surface area contributed by atoms with Gasteiger partial charge >= 0.3 is 12.0 Å². The van der Waals surface area contributed by atoms with Crippen LogP contribution in [-0.2, 0) is 4.79 Å². The highest BCUT2D eigenvalue weighted by Gasteiger charge is 2.44. The highest BCUT2D eigenvalue weighted by Crippen LogP contribution is 2.44. The van der Waals surface area contributed by atoms with Crippen LogP contribution in [0.3, 0.4) is 0 Å². The number of carboxylic acid groups (broad SMARTS) is 1. The first-order valence-corrected chi connectivity index (χ1v) is 16.3. The van der Waals surface area contributed by atoms with E-state index >= 15 is 0 Å². The Labute approximate surface area is 279 Å². The molecule has 3 aliphatic heterocycles. The van der Waals surface area contributed by atoms with E-state index < -0.39 is 17.8 Å². The van der Waals surface area contributed by atoms with Crippen LogP contribution in [0.2, 0.25) is 0 Å². The highest BCUT2D eigenvalue weighted by atomic mass is 19.3. The number of piperazine rings is 1. The number of hydrogen-bond acceptors (Lipinski definition) is 10. The van der Waals surface area contributed by atoms with E-state index in [9.17, 15) is 18.3 Å². The molecule has 0 radical (unpaired) electrons. The minimum atomic E-state index is -2.77. The van der Waals surface area contributed by atoms with E-state index in [2.05, 4.69) is 21.1 Å². The van der Waals surface area contributed by atoms with Gasteiger partial charge in [-0.3, -0.25) is 14.3 Å². The summed E-state index contributed by atoms with van der Waals surface area (Å²) in [6.07, 6.45) is 10.4. The molecule has 2 unspecified atom stereocenters. The number of aromatic hydroxyl groups is 1. The molecule has 2 bridgehead atoms. The maximum Gasteiger partial charge on any atom is 0.320 e. The number of alkyl halides is 2. The molecule has 258 valence electrons. The molecule has 5 heterocycles. The summed E-state index contributed by atoms with van der Waals surface area (Å²) in [5, 5.41) is 22.0. The summed E-state index contributed by atoms with van der Waals surface area (Å²) >= 11 is 0. The lowest BCUT2D eigenvalue weighted by Crippen LogP contribution is -2.51. The molecule has 1 aliphatic carbocycles. The SMILES string of the molecule is C#Cc1c(F)ccc2cc(O)cc(Oc3nc4nc(OC[C@@H]5CC(F)(F)CN5C)nc(N5CC6CCC(C5)N6)c4n3C3CCC3)c12.O=CO. The minimum absolute atomic E-state index is 0.00619. The van der Waals surface area contributed by atoms with Crippen molar-refractivity contribution in [2.24, 2.45) is 0 Å². The van der Waals surface area contributed by atoms with Crippen molar-refractivity contribution in [3.8, 4) is 35.9 Å². The van der Waals surface area contributed by atoms with Crippen molar-refractivity contribution in [3.63, 3.8) is 0 Å². The molecule has 3 saturated heterocycles. The number of aromatic nitrogens is 4. The number of imidazole rings is 1. The van der Waals surface area contributed by atoms with Crippen LogP contribution in [0.15, 0.2) is 24.3 Å². The lowest BCUT2D eigenvalue weighted by Gasteiger charge is -2.35. The van der Waals surface area contributed by atoms with Crippen LogP contribution in [0.5, 0.6) is 23.5 Å². The monoisotopic (exact) mass is 679 g/mol. The predicted molar refractivity (Wildman–Crippen MR) is 174 cm³/mol. The number of likely N-dealkylation sites (tertiary alicyclic amines) is 1. The van der Waals surface area contributed by atoms with Crippen LogP contribution in [0.25, 0.3) is 21.9 Å². The van der Waals surface area contributed by atoms with E-state index in [1.807, 2.05) is 4.57 Å². The van der Waals surface area contributed by atoms with Gasteiger partial charge < -0.3 is 29.9 Å². The normalized spacial score (nSPS) is 23.2. The van der Waals surface area contributed by atoms with E-state index in [1.54, 1.807) is 11.9 Å². The molecule has 15 heteroatoms. The highest BCUT2D eigenvalue weighted by molar-refractivity contribution is 5.95. The number of phenols is 1. The third-order valence-electron chi connectivity index (χ3n) is 9.84. The molecule has 4 aromatic rings. The fourth-order valence-electron chi connectivity index (χ4n) is 7.38. The van der Waals surface area contributed by atoms with E-state index in [-0.39, 0.29) is 61.2 Å². The average Bonchev–Trinajstić information content (AvgIpc) is 3.65. The Morgan fingerprint density at radius 1 is 1.14 bits per heavy atom. The van der Waals surface area contributed by atoms with E-state index in [1.165, 1.54) is 24.3 Å². The molecule has 3 atom stereocenters. The number of likely N-dealkylation sites (N-methyl/N-ethyl adjacent to an activating group) is 1. The lowest BCUT2D eigenvalue weighted by atomic mass is 9.93. The zero-order valence-corrected chi connectivity index (χ0v) is 26.8. The molecule has 2 aromatic carbocycles. The van der Waals surface area contributed by atoms with Crippen LogP contribution in [0, 0.1) is 18.2 Å². The standard InChI is InChI=1S/C33H34F3N7O3.CH2O2/c1-3-24-25(34)10-7-18-11-23(44)12-26(27(18)24)46-32-39-29-28(43(32)21-5-4-6-21)30(42-14-19-8-9-20(15-42)37-19)40-31(38-29)45-16-22-13-33(35,36)17-41(22)2;2-1-3/h1,7,10-12,19-22,37,44H,4-6,8-9,13-17H2,2H3;1H,(H,2,3)/t19?,20?,22-;/m0./s1. The number of hydrogen-bond donors (Lipinski definition) is 3. The Bertz CT molecular complexity index is 1930. The van der Waals surface area contributed by atoms with Crippen molar-refractivity contribution < 1.29 is 37.7 Å². The Hall–Kier alpha value is -4.81. The first-order chi connectivity index (χ1) is 23.6. The van der Waals surface area contributed by atoms with Crippen LogP contribution in [0.4, 0.5) is 19.0 Å². The number of anilines is 1. The topological polar surface area (TPSA) is 138 Å². The molecule has 0 spiro atoms. The van der Waals surface area contributed by atoms with Crippen LogP contribution < -0.4 is 19.7 Å². The molecule has 8 rings (SSSR count). The van der Waals surface area contributed by atoms with Gasteiger partial charge in [0.25, 0.3) is 12.4 Å². The maximum absolute atomic E-state index is 14.8. The van der Waals surface area contributed by atoms with Crippen molar-refractivity contribution in [1.82, 2.24) is 29.7 Å². The zero-order chi connectivity index (χ0) is 34.4. The number of nitrogens with one attached hydrogen (secondary N) is 1. The molecule has 2 aromatic heterocycles. The van der Waals surface area contributed by atoms with Gasteiger partial charge in [-0.2, -0.15) is 15.0 Å². The number of phenolic OH excluding ortho intramolecular Hbond substituents is 1. The summed E-state index contributed by atoms with van der Waals surface area (Å²) in [5.74, 6) is -0.188. The van der Waals surface area contributed by atoms with Crippen molar-refractivity contribution in [3.05, 3.63) is 35.6 Å². The summed E-state index contributed by atoms with van der Waals surface area (Å²) in [7, 11) is 1.66. The number of nitrogens with zero attached hydrogens (tertiary/aromatic N) is 6. The minimum Gasteiger partial charge on any atom is -0.508 e. The number of terminal acetylenes is 1. The van der Waals surface area contributed by atoms with Crippen LogP contribution >= 0.6 is 0 Å². The molecular weight excluding hydrogens is 643 g/mol. The quantitative estimate of drug-likeness (QED) is 0.185. The van der Waals surface area contributed by atoms with Crippen molar-refractivity contribution >= 4 is 34.2 Å². The van der Waals surface area contributed by atoms with Gasteiger partial charge in [0.05, 0.1) is 12.1 Å². The fraction of sp³-hybridized carbons (Fsp3) is 0.471. The van der Waals surface area contributed by atoms with Gasteiger partial charge in [0.15, 0.2) is 11.5 Å². The Morgan fingerprint density at radius 3 is 2.51 bits per heavy atom. The Balaban J connectivity index is 0.00000122. The first kappa shape index (κ1) is 32.7. The van der Waals surface area contributed by atoms with Crippen LogP contribution in [-0.4, -0.2) is 98.4 Å². The number of fused-ring (bicyclic) bond motifs is 4. The first-order valence-electron chi connectivity index (χ1n) is 16.3. The summed E-state index contributed by atoms with van der Waals surface area (Å²) < 4.78 is 57.5. The third kappa shape index (κ3) is 6.26. The van der Waals surface area contributed by atoms with Gasteiger partial charge in [-0.1, -0.05) is 12.0 Å². The molecule has 49 heavy (non-hydrogen) atoms. The van der Waals surface area contributed by atoms with E-state index in [0.717, 1.165) is 45.2 Å². The molecule has 4 aliphatic rings. The van der Waals surface area contributed by atoms with E-state index in [4.69, 9.17) is 35.8 Å². The maximum atomic E-state index is 14.8. The van der Waals surface area contributed by atoms with Gasteiger partial charge in [-0.05, 0) is 56.7 Å². The number of halogens is 3. The second kappa shape index (κ2) is 12.9. The molecule has 0 amide bonds. The van der Waals surface area contributed by atoms with Crippen molar-refractivity contribution in [2.45, 2.75) is 68.6 Å². The lowest BCUT2D eigenvalue weighted by molar-refractivity contribution is -0.122. The number of ether oxygens (including phenoxy) is 2. The summed E-state index contributed by atoms with van der Waals surface area (Å²) in [5.41, 5.74) is 1.05. The third-order valence-corrected chi connectivity index (χ3v) is 9.84. The smallest absolute Gasteiger partial charge is 0.320 e. The zero-order valence-electron chi connectivity index (χ0n) is 26.8. The molecule has 4 fully saturated rings. The fourth-order valence-corrected chi connectivity index (χ4v) is 7.38. The second-order valence-electron chi connectivity index (χ2n) is 13.2. The van der Waals surface area contributed by atoms with Gasteiger partial charge in [0.2, 0.25) is 0 Å². The summed E-state index contributed by atoms with van der Waals surface area (Å²) in [6.45, 7) is 0.894. The molecular formula is C34H36F3N7O5. The van der Waals surface area contributed by atoms with Crippen molar-refractivity contribution in [2.75, 3.05) is 38.2 Å². The second-order valence-corrected chi connectivity index (χ2v) is 13.2. The molecule has 1 saturated carbocycles. The van der Waals surface area contributed by atoms with Crippen molar-refractivity contribution in [1.29, 1.82) is 0 Å².